The number of rotatable bonds is 8. The van der Waals surface area contributed by atoms with Crippen molar-refractivity contribution in [3.05, 3.63) is 35.9 Å². The van der Waals surface area contributed by atoms with Gasteiger partial charge in [-0.2, -0.15) is 0 Å². The maximum Gasteiger partial charge on any atom is 0.338 e. The van der Waals surface area contributed by atoms with Crippen LogP contribution in [0.4, 0.5) is 0 Å². The third-order valence-corrected chi connectivity index (χ3v) is 12.8. The number of likely N-dealkylation sites (tertiary alicyclic amines) is 1. The van der Waals surface area contributed by atoms with E-state index in [4.69, 9.17) is 28.4 Å². The first-order valence-electron chi connectivity index (χ1n) is 15.7. The lowest BCUT2D eigenvalue weighted by molar-refractivity contribution is -0.316. The summed E-state index contributed by atoms with van der Waals surface area (Å²) in [6, 6.07) is 8.39. The maximum atomic E-state index is 13.7. The van der Waals surface area contributed by atoms with Crippen LogP contribution in [0.5, 0.6) is 0 Å². The van der Waals surface area contributed by atoms with Crippen LogP contribution in [-0.4, -0.2) is 123 Å². The maximum absolute atomic E-state index is 13.7. The highest BCUT2D eigenvalue weighted by Gasteiger charge is 2.91. The molecule has 11 nitrogen and oxygen atoms in total. The van der Waals surface area contributed by atoms with Gasteiger partial charge in [0.25, 0.3) is 0 Å². The van der Waals surface area contributed by atoms with Crippen molar-refractivity contribution in [3.8, 4) is 0 Å². The van der Waals surface area contributed by atoms with Crippen LogP contribution in [0.15, 0.2) is 30.3 Å². The molecule has 2 N–H and O–H groups in total. The number of esters is 2. The molecule has 0 aromatic heterocycles. The summed E-state index contributed by atoms with van der Waals surface area (Å²) in [5.41, 5.74) is -3.93. The quantitative estimate of drug-likeness (QED) is 0.410. The number of carbonyl (C=O) groups is 2. The molecule has 242 valence electrons. The molecule has 1 saturated heterocycles. The molecule has 0 amide bonds. The Kier molecular flexibility index (Phi) is 7.07. The number of ether oxygens (including phenoxy) is 6. The Hall–Kier alpha value is -2.12. The van der Waals surface area contributed by atoms with Gasteiger partial charge in [0.15, 0.2) is 5.60 Å². The van der Waals surface area contributed by atoms with Crippen molar-refractivity contribution in [2.24, 2.45) is 34.5 Å². The third-order valence-electron chi connectivity index (χ3n) is 12.8. The summed E-state index contributed by atoms with van der Waals surface area (Å²) in [7, 11) is 8.63. The molecular formula is C33H45NO10. The van der Waals surface area contributed by atoms with Gasteiger partial charge in [-0.3, -0.25) is 4.79 Å². The minimum absolute atomic E-state index is 0.103. The molecule has 14 atom stereocenters. The van der Waals surface area contributed by atoms with Crippen LogP contribution in [0.2, 0.25) is 0 Å². The second-order valence-electron chi connectivity index (χ2n) is 14.2. The molecule has 1 spiro atoms. The van der Waals surface area contributed by atoms with E-state index >= 15 is 0 Å². The number of fused-ring (bicyclic) bond motifs is 2. The number of aliphatic hydroxyl groups is 2. The number of methoxy groups -OCH3 is 4. The summed E-state index contributed by atoms with van der Waals surface area (Å²) >= 11 is 0. The molecule has 1 aliphatic heterocycles. The summed E-state index contributed by atoms with van der Waals surface area (Å²) in [5, 5.41) is 25.1. The smallest absolute Gasteiger partial charge is 0.338 e. The lowest BCUT2D eigenvalue weighted by atomic mass is 9.43. The molecule has 1 aromatic carbocycles. The predicted octanol–water partition coefficient (Wildman–Crippen LogP) is 1.29. The van der Waals surface area contributed by atoms with Gasteiger partial charge in [0, 0.05) is 76.5 Å². The topological polar surface area (TPSA) is 133 Å². The summed E-state index contributed by atoms with van der Waals surface area (Å²) in [6.07, 6.45) is -2.66. The minimum Gasteiger partial charge on any atom is -0.455 e. The summed E-state index contributed by atoms with van der Waals surface area (Å²) in [4.78, 5) is 29.2. The Labute approximate surface area is 258 Å². The van der Waals surface area contributed by atoms with Crippen molar-refractivity contribution < 1.29 is 48.2 Å². The fraction of sp³-hybridized carbons (Fsp3) is 0.758. The molecule has 0 radical (unpaired) electrons. The first-order valence-corrected chi connectivity index (χ1v) is 15.7. The van der Waals surface area contributed by atoms with Gasteiger partial charge >= 0.3 is 11.9 Å². The van der Waals surface area contributed by atoms with Gasteiger partial charge in [0.2, 0.25) is 0 Å². The van der Waals surface area contributed by atoms with Crippen LogP contribution >= 0.6 is 0 Å². The summed E-state index contributed by atoms with van der Waals surface area (Å²) < 4.78 is 37.5. The van der Waals surface area contributed by atoms with E-state index in [1.165, 1.54) is 14.0 Å². The SMILES string of the molecule is COC[C@@]12CC[C@H](OC)[C@@]34[C@@H]5C[C@@]6(O)[C@H](OC(=O)c7ccccc7)[C@@H]5[C@](OC(C)=O)([C@@H]([C@H](OC)[C@H]13)[C@H]4N(C)C2)[C@@H](O)[C@H]6OC. The van der Waals surface area contributed by atoms with E-state index < -0.39 is 64.8 Å². The molecule has 11 heteroatoms. The van der Waals surface area contributed by atoms with Crippen molar-refractivity contribution in [2.75, 3.05) is 48.6 Å². The molecule has 1 heterocycles. The molecule has 6 fully saturated rings. The molecule has 44 heavy (non-hydrogen) atoms. The fourth-order valence-corrected chi connectivity index (χ4v) is 12.3. The monoisotopic (exact) mass is 615 g/mol. The van der Waals surface area contributed by atoms with E-state index in [1.54, 1.807) is 45.6 Å². The number of hydrogen-bond donors (Lipinski definition) is 2. The molecule has 5 saturated carbocycles. The van der Waals surface area contributed by atoms with Crippen LogP contribution < -0.4 is 0 Å². The molecular weight excluding hydrogens is 570 g/mol. The van der Waals surface area contributed by atoms with Crippen LogP contribution in [0.3, 0.4) is 0 Å². The zero-order chi connectivity index (χ0) is 31.4. The van der Waals surface area contributed by atoms with Gasteiger partial charge in [0.1, 0.15) is 23.9 Å². The van der Waals surface area contributed by atoms with Gasteiger partial charge in [-0.1, -0.05) is 18.2 Å². The van der Waals surface area contributed by atoms with Crippen LogP contribution in [0.1, 0.15) is 36.5 Å². The second kappa shape index (κ2) is 10.2. The molecule has 0 unspecified atom stereocenters. The van der Waals surface area contributed by atoms with E-state index in [1.807, 2.05) is 6.07 Å². The van der Waals surface area contributed by atoms with Crippen molar-refractivity contribution in [1.29, 1.82) is 0 Å². The number of piperidine rings is 1. The average molecular weight is 616 g/mol. The number of aliphatic hydroxyl groups excluding tert-OH is 1. The minimum atomic E-state index is -1.76. The molecule has 7 rings (SSSR count). The summed E-state index contributed by atoms with van der Waals surface area (Å²) in [5.74, 6) is -2.96. The van der Waals surface area contributed by atoms with E-state index in [-0.39, 0.29) is 35.8 Å². The second-order valence-corrected chi connectivity index (χ2v) is 14.2. The highest BCUT2D eigenvalue weighted by atomic mass is 16.6. The van der Waals surface area contributed by atoms with Gasteiger partial charge in [-0.05, 0) is 44.4 Å². The van der Waals surface area contributed by atoms with E-state index in [0.29, 0.717) is 12.2 Å². The van der Waals surface area contributed by atoms with Crippen molar-refractivity contribution in [3.63, 3.8) is 0 Å². The number of benzene rings is 1. The van der Waals surface area contributed by atoms with E-state index in [2.05, 4.69) is 11.9 Å². The zero-order valence-corrected chi connectivity index (χ0v) is 26.3. The lowest BCUT2D eigenvalue weighted by Crippen LogP contribution is -2.80. The van der Waals surface area contributed by atoms with Gasteiger partial charge in [-0.15, -0.1) is 0 Å². The van der Waals surface area contributed by atoms with E-state index in [9.17, 15) is 19.8 Å². The Morgan fingerprint density at radius 1 is 1.02 bits per heavy atom. The first-order chi connectivity index (χ1) is 21.0. The van der Waals surface area contributed by atoms with E-state index in [0.717, 1.165) is 19.4 Å². The van der Waals surface area contributed by atoms with Crippen molar-refractivity contribution in [1.82, 2.24) is 4.90 Å². The van der Waals surface area contributed by atoms with Gasteiger partial charge in [-0.25, -0.2) is 4.79 Å². The summed E-state index contributed by atoms with van der Waals surface area (Å²) in [6.45, 7) is 2.56. The zero-order valence-electron chi connectivity index (χ0n) is 26.3. The average Bonchev–Trinajstić information content (AvgIpc) is 3.39. The largest absolute Gasteiger partial charge is 0.455 e. The number of carbonyl (C=O) groups excluding carboxylic acids is 2. The molecule has 1 aromatic rings. The molecule has 5 aliphatic carbocycles. The normalized spacial score (nSPS) is 49.9. The highest BCUT2D eigenvalue weighted by molar-refractivity contribution is 5.89. The predicted molar refractivity (Wildman–Crippen MR) is 154 cm³/mol. The Morgan fingerprint density at radius 3 is 2.36 bits per heavy atom. The van der Waals surface area contributed by atoms with Gasteiger partial charge < -0.3 is 43.5 Å². The van der Waals surface area contributed by atoms with Crippen LogP contribution in [-0.2, 0) is 33.2 Å². The molecule has 6 aliphatic rings. The van der Waals surface area contributed by atoms with Crippen molar-refractivity contribution >= 4 is 11.9 Å². The number of nitrogens with zero attached hydrogens (tertiary/aromatic N) is 1. The van der Waals surface area contributed by atoms with Crippen LogP contribution in [0, 0.1) is 34.5 Å². The first kappa shape index (κ1) is 30.5. The van der Waals surface area contributed by atoms with Gasteiger partial charge in [0.05, 0.1) is 24.4 Å². The number of hydrogen-bond acceptors (Lipinski definition) is 11. The fourth-order valence-electron chi connectivity index (χ4n) is 12.3. The molecule has 7 bridgehead atoms. The van der Waals surface area contributed by atoms with Crippen LogP contribution in [0.25, 0.3) is 0 Å². The highest BCUT2D eigenvalue weighted by Crippen LogP contribution is 2.80. The van der Waals surface area contributed by atoms with Crippen molar-refractivity contribution in [2.45, 2.75) is 73.9 Å². The Bertz CT molecular complexity index is 1310. The third kappa shape index (κ3) is 3.41. The Morgan fingerprint density at radius 2 is 1.75 bits per heavy atom. The lowest BCUT2D eigenvalue weighted by Gasteiger charge is -2.69. The standard InChI is InChI=1S/C33H45NO10/c1-17(35)44-33-21-19(14-31(38,28(42-6)26(33)36)27(21)43-29(37)18-10-8-7-9-11-18)32-20(40-4)12-13-30(16-39-3)15-34(2)25(32)22(33)23(41-5)24(30)32/h7-11,19-28,36,38H,12-16H2,1-6H3/t19-,20+,21-,22+,23+,24-,25-,26+,27-,28-,30+,31-,32+,33+/m1/s1. The Balaban J connectivity index is 1.51.